The van der Waals surface area contributed by atoms with Crippen LogP contribution in [-0.4, -0.2) is 9.97 Å². The molecule has 1 saturated carbocycles. The van der Waals surface area contributed by atoms with E-state index in [0.29, 0.717) is 0 Å². The van der Waals surface area contributed by atoms with Crippen LogP contribution in [0.5, 0.6) is 0 Å². The summed E-state index contributed by atoms with van der Waals surface area (Å²) < 4.78 is 0. The van der Waals surface area contributed by atoms with E-state index in [1.807, 2.05) is 13.1 Å². The van der Waals surface area contributed by atoms with Crippen molar-refractivity contribution in [2.45, 2.75) is 38.5 Å². The lowest BCUT2D eigenvalue weighted by Crippen LogP contribution is -1.98. The van der Waals surface area contributed by atoms with Gasteiger partial charge in [0.15, 0.2) is 6.33 Å². The number of hydrogen-bond acceptors (Lipinski definition) is 2. The average molecular weight is 161 g/mol. The summed E-state index contributed by atoms with van der Waals surface area (Å²) in [6.07, 6.45) is 9.91. The largest absolute Gasteiger partial charge is 0.233 e. The molecule has 0 spiro atoms. The quantitative estimate of drug-likeness (QED) is 0.631. The standard InChI is InChI=1S/C10H13N2/c1-8-10(6-11-7-12-8)9-4-2-3-5-9/h6,9H,2-5H2,1H3. The van der Waals surface area contributed by atoms with Gasteiger partial charge in [-0.05, 0) is 31.2 Å². The van der Waals surface area contributed by atoms with Crippen molar-refractivity contribution in [1.82, 2.24) is 9.97 Å². The molecule has 1 aromatic rings. The minimum Gasteiger partial charge on any atom is -0.233 e. The van der Waals surface area contributed by atoms with E-state index in [-0.39, 0.29) is 0 Å². The molecule has 2 heteroatoms. The monoisotopic (exact) mass is 161 g/mol. The molecule has 1 aliphatic carbocycles. The summed E-state index contributed by atoms with van der Waals surface area (Å²) >= 11 is 0. The third-order valence-electron chi connectivity index (χ3n) is 2.69. The maximum Gasteiger partial charge on any atom is 0.197 e. The topological polar surface area (TPSA) is 25.8 Å². The zero-order valence-electron chi connectivity index (χ0n) is 7.38. The predicted molar refractivity (Wildman–Crippen MR) is 46.8 cm³/mol. The van der Waals surface area contributed by atoms with E-state index in [2.05, 4.69) is 16.3 Å². The Morgan fingerprint density at radius 3 is 2.83 bits per heavy atom. The zero-order chi connectivity index (χ0) is 8.39. The van der Waals surface area contributed by atoms with E-state index in [9.17, 15) is 0 Å². The second kappa shape index (κ2) is 3.21. The van der Waals surface area contributed by atoms with Gasteiger partial charge in [0.2, 0.25) is 0 Å². The maximum absolute atomic E-state index is 4.09. The minimum absolute atomic E-state index is 0.722. The van der Waals surface area contributed by atoms with Crippen molar-refractivity contribution in [1.29, 1.82) is 0 Å². The first-order valence-corrected chi connectivity index (χ1v) is 4.57. The van der Waals surface area contributed by atoms with Gasteiger partial charge in [0, 0.05) is 11.9 Å². The van der Waals surface area contributed by atoms with Crippen molar-refractivity contribution >= 4 is 0 Å². The highest BCUT2D eigenvalue weighted by Crippen LogP contribution is 2.34. The highest BCUT2D eigenvalue weighted by atomic mass is 14.8. The summed E-state index contributed by atoms with van der Waals surface area (Å²) in [6, 6.07) is 0. The van der Waals surface area contributed by atoms with Gasteiger partial charge in [-0.3, -0.25) is 0 Å². The summed E-state index contributed by atoms with van der Waals surface area (Å²) in [5.41, 5.74) is 2.45. The number of aromatic nitrogens is 2. The summed E-state index contributed by atoms with van der Waals surface area (Å²) in [5.74, 6) is 0.722. The maximum atomic E-state index is 4.09. The molecule has 0 saturated heterocycles. The molecule has 1 fully saturated rings. The fourth-order valence-corrected chi connectivity index (χ4v) is 2.00. The van der Waals surface area contributed by atoms with Gasteiger partial charge in [-0.15, -0.1) is 0 Å². The zero-order valence-corrected chi connectivity index (χ0v) is 7.38. The second-order valence-corrected chi connectivity index (χ2v) is 3.49. The predicted octanol–water partition coefficient (Wildman–Crippen LogP) is 2.24. The van der Waals surface area contributed by atoms with Crippen molar-refractivity contribution in [2.24, 2.45) is 0 Å². The Balaban J connectivity index is 2.26. The summed E-state index contributed by atoms with van der Waals surface area (Å²) in [7, 11) is 0. The van der Waals surface area contributed by atoms with Crippen LogP contribution in [0.3, 0.4) is 0 Å². The van der Waals surface area contributed by atoms with Crippen LogP contribution in [0, 0.1) is 13.3 Å². The van der Waals surface area contributed by atoms with Crippen LogP contribution in [0.25, 0.3) is 0 Å². The molecule has 12 heavy (non-hydrogen) atoms. The Hall–Kier alpha value is -0.920. The Bertz CT molecular complexity index is 264. The van der Waals surface area contributed by atoms with Gasteiger partial charge < -0.3 is 0 Å². The van der Waals surface area contributed by atoms with Crippen LogP contribution in [0.15, 0.2) is 6.20 Å². The van der Waals surface area contributed by atoms with Crippen LogP contribution in [0.4, 0.5) is 0 Å². The molecule has 0 N–H and O–H groups in total. The molecular formula is C10H13N2. The van der Waals surface area contributed by atoms with Gasteiger partial charge in [0.25, 0.3) is 0 Å². The molecule has 63 valence electrons. The Morgan fingerprint density at radius 1 is 1.42 bits per heavy atom. The molecule has 1 aliphatic rings. The highest BCUT2D eigenvalue weighted by Gasteiger charge is 2.18. The van der Waals surface area contributed by atoms with E-state index in [1.165, 1.54) is 31.2 Å². The lowest BCUT2D eigenvalue weighted by Gasteiger charge is -2.09. The first-order chi connectivity index (χ1) is 5.88. The SMILES string of the molecule is Cc1n[c]ncc1C1CCCC1. The third kappa shape index (κ3) is 1.33. The van der Waals surface area contributed by atoms with Gasteiger partial charge >= 0.3 is 0 Å². The Morgan fingerprint density at radius 2 is 2.17 bits per heavy atom. The van der Waals surface area contributed by atoms with E-state index >= 15 is 0 Å². The van der Waals surface area contributed by atoms with Gasteiger partial charge in [-0.1, -0.05) is 12.8 Å². The molecule has 0 unspecified atom stereocenters. The lowest BCUT2D eigenvalue weighted by atomic mass is 9.98. The van der Waals surface area contributed by atoms with E-state index in [4.69, 9.17) is 0 Å². The number of aryl methyl sites for hydroxylation is 1. The smallest absolute Gasteiger partial charge is 0.197 e. The minimum atomic E-state index is 0.722. The number of nitrogens with zero attached hydrogens (tertiary/aromatic N) is 2. The first-order valence-electron chi connectivity index (χ1n) is 4.57. The Labute approximate surface area is 73.1 Å². The first kappa shape index (κ1) is 7.71. The molecule has 0 aliphatic heterocycles. The van der Waals surface area contributed by atoms with Crippen LogP contribution < -0.4 is 0 Å². The summed E-state index contributed by atoms with van der Waals surface area (Å²) in [5, 5.41) is 0. The lowest BCUT2D eigenvalue weighted by molar-refractivity contribution is 0.705. The molecule has 0 atom stereocenters. The molecule has 0 bridgehead atoms. The van der Waals surface area contributed by atoms with Crippen LogP contribution in [-0.2, 0) is 0 Å². The molecule has 0 aromatic carbocycles. The molecule has 0 amide bonds. The van der Waals surface area contributed by atoms with Crippen molar-refractivity contribution in [2.75, 3.05) is 0 Å². The van der Waals surface area contributed by atoms with Gasteiger partial charge in [0.05, 0.1) is 0 Å². The van der Waals surface area contributed by atoms with Gasteiger partial charge in [-0.2, -0.15) is 0 Å². The van der Waals surface area contributed by atoms with Crippen LogP contribution in [0.2, 0.25) is 0 Å². The van der Waals surface area contributed by atoms with E-state index < -0.39 is 0 Å². The van der Waals surface area contributed by atoms with E-state index in [1.54, 1.807) is 0 Å². The van der Waals surface area contributed by atoms with Gasteiger partial charge in [0.1, 0.15) is 0 Å². The molecule has 2 rings (SSSR count). The van der Waals surface area contributed by atoms with Crippen molar-refractivity contribution < 1.29 is 0 Å². The Kier molecular flexibility index (Phi) is 2.07. The summed E-state index contributed by atoms with van der Waals surface area (Å²) in [4.78, 5) is 8.04. The fourth-order valence-electron chi connectivity index (χ4n) is 2.00. The van der Waals surface area contributed by atoms with Crippen LogP contribution in [0.1, 0.15) is 42.9 Å². The van der Waals surface area contributed by atoms with Crippen LogP contribution >= 0.6 is 0 Å². The molecule has 1 aromatic heterocycles. The molecular weight excluding hydrogens is 148 g/mol. The highest BCUT2D eigenvalue weighted by molar-refractivity contribution is 5.20. The van der Waals surface area contributed by atoms with Crippen molar-refractivity contribution in [3.63, 3.8) is 0 Å². The number of hydrogen-bond donors (Lipinski definition) is 0. The average Bonchev–Trinajstić information content (AvgIpc) is 2.57. The fraction of sp³-hybridized carbons (Fsp3) is 0.600. The van der Waals surface area contributed by atoms with Crippen molar-refractivity contribution in [3.05, 3.63) is 23.8 Å². The third-order valence-corrected chi connectivity index (χ3v) is 2.69. The van der Waals surface area contributed by atoms with Gasteiger partial charge in [-0.25, -0.2) is 9.97 Å². The molecule has 2 nitrogen and oxygen atoms in total. The normalized spacial score (nSPS) is 18.4. The summed E-state index contributed by atoms with van der Waals surface area (Å²) in [6.45, 7) is 2.05. The van der Waals surface area contributed by atoms with Crippen molar-refractivity contribution in [3.8, 4) is 0 Å². The molecule has 1 radical (unpaired) electrons. The van der Waals surface area contributed by atoms with E-state index in [0.717, 1.165) is 11.6 Å². The molecule has 1 heterocycles. The number of rotatable bonds is 1. The second-order valence-electron chi connectivity index (χ2n) is 3.49.